The maximum Gasteiger partial charge on any atom is 0.322 e. The number of carbonyl (C=O) groups excluding carboxylic acids is 3. The summed E-state index contributed by atoms with van der Waals surface area (Å²) in [6.07, 6.45) is 2.59. The molecular formula is C93H87F3N6O12. The van der Waals surface area contributed by atoms with Crippen molar-refractivity contribution in [2.75, 3.05) is 14.7 Å². The number of phenols is 6. The third-order valence-electron chi connectivity index (χ3n) is 21.0. The molecule has 0 aliphatic carbocycles. The highest BCUT2D eigenvalue weighted by Crippen LogP contribution is 2.46. The van der Waals surface area contributed by atoms with E-state index in [1.165, 1.54) is 36.4 Å². The summed E-state index contributed by atoms with van der Waals surface area (Å²) < 4.78 is 39.7. The predicted octanol–water partition coefficient (Wildman–Crippen LogP) is 19.3. The van der Waals surface area contributed by atoms with Gasteiger partial charge in [0.2, 0.25) is 0 Å². The molecular weight excluding hydrogens is 1450 g/mol. The molecule has 6 amide bonds. The monoisotopic (exact) mass is 1540 g/mol. The van der Waals surface area contributed by atoms with Crippen LogP contribution in [0.2, 0.25) is 0 Å². The molecule has 0 saturated carbocycles. The van der Waals surface area contributed by atoms with Gasteiger partial charge in [-0.05, 0) is 235 Å². The van der Waals surface area contributed by atoms with Crippen LogP contribution in [0.3, 0.4) is 0 Å². The lowest BCUT2D eigenvalue weighted by atomic mass is 9.92. The number of carbonyl (C=O) groups is 3. The number of aromatic hydroxyl groups is 6. The summed E-state index contributed by atoms with van der Waals surface area (Å²) in [4.78, 5) is 44.5. The first kappa shape index (κ1) is 79.0. The Balaban J connectivity index is 0.000000149. The molecule has 9 atom stereocenters. The van der Waals surface area contributed by atoms with E-state index in [4.69, 9.17) is 0 Å². The van der Waals surface area contributed by atoms with E-state index in [1.54, 1.807) is 124 Å². The average molecular weight is 1540 g/mol. The van der Waals surface area contributed by atoms with Crippen molar-refractivity contribution in [3.63, 3.8) is 0 Å². The number of nitrogens with zero attached hydrogens (tertiary/aromatic N) is 3. The number of halogens is 3. The summed E-state index contributed by atoms with van der Waals surface area (Å²) >= 11 is 0. The van der Waals surface area contributed by atoms with E-state index in [9.17, 15) is 73.5 Å². The Morgan fingerprint density at radius 2 is 0.535 bits per heavy atom. The van der Waals surface area contributed by atoms with Gasteiger partial charge in [0.05, 0.1) is 54.6 Å². The zero-order valence-corrected chi connectivity index (χ0v) is 62.0. The van der Waals surface area contributed by atoms with Gasteiger partial charge < -0.3 is 61.9 Å². The smallest absolute Gasteiger partial charge is 0.322 e. The Hall–Kier alpha value is -13.1. The molecule has 3 aliphatic heterocycles. The van der Waals surface area contributed by atoms with Crippen LogP contribution in [0.1, 0.15) is 128 Å². The Morgan fingerprint density at radius 3 is 0.772 bits per heavy atom. The van der Waals surface area contributed by atoms with Crippen molar-refractivity contribution in [3.05, 3.63) is 342 Å². The number of urea groups is 3. The first-order valence-corrected chi connectivity index (χ1v) is 37.8. The van der Waals surface area contributed by atoms with Crippen LogP contribution in [-0.2, 0) is 0 Å². The predicted molar refractivity (Wildman–Crippen MR) is 433 cm³/mol. The molecule has 114 heavy (non-hydrogen) atoms. The molecule has 12 aromatic carbocycles. The second kappa shape index (κ2) is 36.4. The molecule has 0 radical (unpaired) electrons. The largest absolute Gasteiger partial charge is 0.508 e. The lowest BCUT2D eigenvalue weighted by molar-refractivity contribution is 0.161. The van der Waals surface area contributed by atoms with E-state index in [1.807, 2.05) is 146 Å². The van der Waals surface area contributed by atoms with Gasteiger partial charge in [-0.25, -0.2) is 27.6 Å². The molecule has 3 heterocycles. The minimum atomic E-state index is -0.744. The second-order valence-electron chi connectivity index (χ2n) is 28.6. The quantitative estimate of drug-likeness (QED) is 0.0269. The van der Waals surface area contributed by atoms with Gasteiger partial charge in [-0.15, -0.1) is 0 Å². The molecule has 582 valence electrons. The minimum Gasteiger partial charge on any atom is -0.508 e. The highest BCUT2D eigenvalue weighted by Gasteiger charge is 2.45. The van der Waals surface area contributed by atoms with Crippen molar-refractivity contribution in [2.45, 2.75) is 112 Å². The minimum absolute atomic E-state index is 0.0459. The van der Waals surface area contributed by atoms with E-state index in [0.29, 0.717) is 108 Å². The van der Waals surface area contributed by atoms with Crippen molar-refractivity contribution >= 4 is 35.2 Å². The van der Waals surface area contributed by atoms with Crippen molar-refractivity contribution < 1.29 is 73.5 Å². The summed E-state index contributed by atoms with van der Waals surface area (Å²) in [5, 5.41) is 104. The van der Waals surface area contributed by atoms with Crippen LogP contribution in [0.15, 0.2) is 291 Å². The van der Waals surface area contributed by atoms with Crippen LogP contribution in [0.4, 0.5) is 44.6 Å². The summed E-state index contributed by atoms with van der Waals surface area (Å²) in [6, 6.07) is 78.5. The molecule has 15 rings (SSSR count). The van der Waals surface area contributed by atoms with E-state index < -0.39 is 36.4 Å². The van der Waals surface area contributed by atoms with Crippen LogP contribution in [0.25, 0.3) is 33.4 Å². The van der Waals surface area contributed by atoms with E-state index >= 15 is 0 Å². The molecule has 4 unspecified atom stereocenters. The van der Waals surface area contributed by atoms with Crippen LogP contribution >= 0.6 is 0 Å². The van der Waals surface area contributed by atoms with Crippen molar-refractivity contribution in [3.8, 4) is 67.9 Å². The Morgan fingerprint density at radius 1 is 0.289 bits per heavy atom. The number of nitrogens with one attached hydrogen (secondary N) is 3. The molecule has 0 bridgehead atoms. The molecule has 0 spiro atoms. The standard InChI is InChI=1S/3C31H29FN2O4/c3*32-23-15-12-20(13-16-23)28(36)11-5-10-27-30(34(31(38)33-27)24-7-2-1-3-8-24)26-17-14-22(19-29(26)37)21-6-4-9-25(35)18-21/h3*1-4,6-9,12-19,27-28,30,35-37H,5,10-11H2,(H,33,38)/t27-,28?,30-;27-,28-,30-;/m11./s1. The summed E-state index contributed by atoms with van der Waals surface area (Å²) in [6.45, 7) is 0. The number of aliphatic hydroxyl groups excluding tert-OH is 3. The van der Waals surface area contributed by atoms with Gasteiger partial charge in [-0.2, -0.15) is 0 Å². The number of amides is 6. The number of hydrogen-bond donors (Lipinski definition) is 12. The lowest BCUT2D eigenvalue weighted by Crippen LogP contribution is -2.29. The fourth-order valence-electron chi connectivity index (χ4n) is 15.3. The topological polar surface area (TPSA) is 279 Å². The zero-order chi connectivity index (χ0) is 79.9. The Kier molecular flexibility index (Phi) is 25.2. The van der Waals surface area contributed by atoms with Gasteiger partial charge in [-0.3, -0.25) is 14.7 Å². The fourth-order valence-corrected chi connectivity index (χ4v) is 15.3. The number of anilines is 3. The third-order valence-corrected chi connectivity index (χ3v) is 21.0. The number of aliphatic hydroxyl groups is 3. The van der Waals surface area contributed by atoms with E-state index in [-0.39, 0.29) is 88.2 Å². The number of phenolic OH excluding ortho intramolecular Hbond substituents is 6. The normalized spacial score (nSPS) is 17.8. The number of rotatable bonds is 24. The van der Waals surface area contributed by atoms with Gasteiger partial charge in [0.1, 0.15) is 51.9 Å². The molecule has 21 heteroatoms. The van der Waals surface area contributed by atoms with Crippen LogP contribution in [0, 0.1) is 17.5 Å². The number of para-hydroxylation sites is 3. The molecule has 3 aliphatic rings. The van der Waals surface area contributed by atoms with Crippen molar-refractivity contribution in [1.82, 2.24) is 16.0 Å². The first-order valence-electron chi connectivity index (χ1n) is 37.8. The second-order valence-corrected chi connectivity index (χ2v) is 28.6. The average Bonchev–Trinajstić information content (AvgIpc) is 1.62. The molecule has 3 saturated heterocycles. The molecule has 3 fully saturated rings. The summed E-state index contributed by atoms with van der Waals surface area (Å²) in [5.74, 6) is -0.520. The van der Waals surface area contributed by atoms with Gasteiger partial charge in [0, 0.05) is 33.8 Å². The summed E-state index contributed by atoms with van der Waals surface area (Å²) in [7, 11) is 0. The van der Waals surface area contributed by atoms with Crippen molar-refractivity contribution in [1.29, 1.82) is 0 Å². The number of hydrogen-bond acceptors (Lipinski definition) is 12. The van der Waals surface area contributed by atoms with Gasteiger partial charge >= 0.3 is 18.1 Å². The van der Waals surface area contributed by atoms with E-state index in [2.05, 4.69) is 16.0 Å². The highest BCUT2D eigenvalue weighted by atomic mass is 19.1. The van der Waals surface area contributed by atoms with E-state index in [0.717, 1.165) is 33.4 Å². The maximum absolute atomic E-state index is 13.2. The Labute approximate surface area is 658 Å². The fraction of sp³-hybridized carbons (Fsp3) is 0.194. The summed E-state index contributed by atoms with van der Waals surface area (Å²) in [5.41, 5.74) is 10.4. The zero-order valence-electron chi connectivity index (χ0n) is 62.0. The first-order chi connectivity index (χ1) is 55.2. The van der Waals surface area contributed by atoms with Gasteiger partial charge in [0.15, 0.2) is 0 Å². The molecule has 12 aromatic rings. The Bertz CT molecular complexity index is 4750. The molecule has 12 N–H and O–H groups in total. The van der Waals surface area contributed by atoms with Crippen LogP contribution < -0.4 is 30.7 Å². The number of benzene rings is 12. The third kappa shape index (κ3) is 18.9. The highest BCUT2D eigenvalue weighted by molar-refractivity contribution is 5.98. The molecule has 0 aromatic heterocycles. The SMILES string of the molecule is O=C1NC(CCCC(O)c2ccc(F)cc2)C(c2ccc(-c3cccc(O)c3)cc2O)N1c1ccccc1.O=C1N[C@H](CCCC(O)c2ccc(F)cc2)[C@@H](c2ccc(-c3cccc(O)c3)cc2O)N1c1ccccc1.O=C1N[C@H](CCC[C@@H](O)c2ccc(F)cc2)[C@@H](c2ccc(-c3cccc(O)c3)cc2O)N1c1ccccc1. The van der Waals surface area contributed by atoms with Crippen LogP contribution in [0.5, 0.6) is 34.5 Å². The lowest BCUT2D eigenvalue weighted by Gasteiger charge is -2.28. The molecule has 18 nitrogen and oxygen atoms in total. The maximum atomic E-state index is 13.2. The van der Waals surface area contributed by atoms with Crippen LogP contribution in [-0.4, -0.2) is 82.2 Å². The van der Waals surface area contributed by atoms with Gasteiger partial charge in [-0.1, -0.05) is 164 Å². The van der Waals surface area contributed by atoms with Crippen molar-refractivity contribution in [2.24, 2.45) is 0 Å². The van der Waals surface area contributed by atoms with Gasteiger partial charge in [0.25, 0.3) is 0 Å².